The molecule has 3 heteroatoms. The highest BCUT2D eigenvalue weighted by atomic mass is 16.2. The van der Waals surface area contributed by atoms with Crippen LogP contribution in [0.4, 0.5) is 0 Å². The molecule has 1 aromatic rings. The molecule has 1 heterocycles. The highest BCUT2D eigenvalue weighted by Crippen LogP contribution is 2.33. The maximum Gasteiger partial charge on any atom is 0.227 e. The van der Waals surface area contributed by atoms with Gasteiger partial charge >= 0.3 is 0 Å². The third-order valence-corrected chi connectivity index (χ3v) is 3.85. The van der Waals surface area contributed by atoms with E-state index in [1.54, 1.807) is 0 Å². The van der Waals surface area contributed by atoms with E-state index in [9.17, 15) is 9.59 Å². The summed E-state index contributed by atoms with van der Waals surface area (Å²) in [5, 5.41) is 2.37. The van der Waals surface area contributed by atoms with E-state index < -0.39 is 0 Å². The minimum absolute atomic E-state index is 0.172. The van der Waals surface area contributed by atoms with E-state index in [4.69, 9.17) is 0 Å². The number of rotatable bonds is 4. The van der Waals surface area contributed by atoms with Gasteiger partial charge in [-0.15, -0.1) is 0 Å². The van der Waals surface area contributed by atoms with Crippen LogP contribution in [0.1, 0.15) is 50.7 Å². The van der Waals surface area contributed by atoms with Gasteiger partial charge in [0.05, 0.1) is 0 Å². The van der Waals surface area contributed by atoms with Crippen molar-refractivity contribution in [3.05, 3.63) is 35.4 Å². The van der Waals surface area contributed by atoms with Crippen molar-refractivity contribution >= 4 is 11.8 Å². The monoisotopic (exact) mass is 259 g/mol. The molecule has 19 heavy (non-hydrogen) atoms. The van der Waals surface area contributed by atoms with Gasteiger partial charge in [0.1, 0.15) is 0 Å². The molecule has 0 bridgehead atoms. The number of imide groups is 1. The van der Waals surface area contributed by atoms with Gasteiger partial charge in [0.2, 0.25) is 11.8 Å². The summed E-state index contributed by atoms with van der Waals surface area (Å²) in [5.41, 5.74) is 2.04. The average Bonchev–Trinajstić information content (AvgIpc) is 2.35. The van der Waals surface area contributed by atoms with Gasteiger partial charge in [-0.3, -0.25) is 14.9 Å². The predicted octanol–water partition coefficient (Wildman–Crippen LogP) is 2.72. The zero-order chi connectivity index (χ0) is 13.9. The maximum absolute atomic E-state index is 11.5. The number of nitrogens with one attached hydrogen (secondary N) is 1. The van der Waals surface area contributed by atoms with E-state index in [1.165, 1.54) is 18.4 Å². The molecule has 0 radical (unpaired) electrons. The molecule has 2 amide bonds. The summed E-state index contributed by atoms with van der Waals surface area (Å²) in [6, 6.07) is 8.37. The number of carbonyl (C=O) groups excluding carboxylic acids is 2. The van der Waals surface area contributed by atoms with Crippen molar-refractivity contribution in [3.8, 4) is 0 Å². The van der Waals surface area contributed by atoms with Gasteiger partial charge in [-0.1, -0.05) is 44.5 Å². The number of unbranched alkanes of at least 4 members (excludes halogenated alkanes) is 1. The van der Waals surface area contributed by atoms with Crippen molar-refractivity contribution in [2.24, 2.45) is 0 Å². The zero-order valence-corrected chi connectivity index (χ0v) is 11.7. The largest absolute Gasteiger partial charge is 0.296 e. The molecule has 1 aliphatic heterocycles. The first kappa shape index (κ1) is 13.8. The molecule has 0 saturated carbocycles. The van der Waals surface area contributed by atoms with Crippen molar-refractivity contribution in [1.82, 2.24) is 5.32 Å². The molecule has 1 N–H and O–H groups in total. The first-order chi connectivity index (χ1) is 9.03. The lowest BCUT2D eigenvalue weighted by molar-refractivity contribution is -0.135. The SMILES string of the molecule is CCCCc1ccc(C2(C)CC(=O)NC(=O)C2)cc1. The zero-order valence-electron chi connectivity index (χ0n) is 11.7. The number of aryl methyl sites for hydroxylation is 1. The quantitative estimate of drug-likeness (QED) is 0.845. The lowest BCUT2D eigenvalue weighted by Gasteiger charge is -2.32. The maximum atomic E-state index is 11.5. The molecule has 0 aliphatic carbocycles. The van der Waals surface area contributed by atoms with Gasteiger partial charge in [0.25, 0.3) is 0 Å². The van der Waals surface area contributed by atoms with E-state index >= 15 is 0 Å². The molecule has 1 aliphatic rings. The summed E-state index contributed by atoms with van der Waals surface area (Å²) in [7, 11) is 0. The second-order valence-corrected chi connectivity index (χ2v) is 5.69. The van der Waals surface area contributed by atoms with Gasteiger partial charge in [0, 0.05) is 18.3 Å². The summed E-state index contributed by atoms with van der Waals surface area (Å²) >= 11 is 0. The Kier molecular flexibility index (Phi) is 4.03. The molecular formula is C16H21NO2. The lowest BCUT2D eigenvalue weighted by atomic mass is 9.74. The molecule has 2 rings (SSSR count). The Bertz CT molecular complexity index is 460. The van der Waals surface area contributed by atoms with Crippen LogP contribution in [0.5, 0.6) is 0 Å². The Morgan fingerprint density at radius 1 is 1.11 bits per heavy atom. The van der Waals surface area contributed by atoms with Crippen LogP contribution in [-0.4, -0.2) is 11.8 Å². The third-order valence-electron chi connectivity index (χ3n) is 3.85. The van der Waals surface area contributed by atoms with Crippen LogP contribution in [0.15, 0.2) is 24.3 Å². The summed E-state index contributed by atoms with van der Waals surface area (Å²) in [5.74, 6) is -0.345. The fourth-order valence-electron chi connectivity index (χ4n) is 2.67. The van der Waals surface area contributed by atoms with Crippen molar-refractivity contribution in [3.63, 3.8) is 0 Å². The minimum Gasteiger partial charge on any atom is -0.296 e. The fourth-order valence-corrected chi connectivity index (χ4v) is 2.67. The Hall–Kier alpha value is -1.64. The van der Waals surface area contributed by atoms with E-state index in [1.807, 2.05) is 6.92 Å². The predicted molar refractivity (Wildman–Crippen MR) is 74.8 cm³/mol. The van der Waals surface area contributed by atoms with Gasteiger partial charge in [0.15, 0.2) is 0 Å². The molecule has 0 spiro atoms. The number of piperidine rings is 1. The Morgan fingerprint density at radius 2 is 1.68 bits per heavy atom. The average molecular weight is 259 g/mol. The molecule has 1 fully saturated rings. The second-order valence-electron chi connectivity index (χ2n) is 5.69. The van der Waals surface area contributed by atoms with E-state index in [-0.39, 0.29) is 17.2 Å². The number of carbonyl (C=O) groups is 2. The van der Waals surface area contributed by atoms with Crippen molar-refractivity contribution in [2.45, 2.75) is 51.4 Å². The van der Waals surface area contributed by atoms with Crippen LogP contribution in [0, 0.1) is 0 Å². The lowest BCUT2D eigenvalue weighted by Crippen LogP contribution is -2.45. The van der Waals surface area contributed by atoms with E-state index in [0.717, 1.165) is 12.0 Å². The van der Waals surface area contributed by atoms with Crippen LogP contribution in [0.25, 0.3) is 0 Å². The number of hydrogen-bond donors (Lipinski definition) is 1. The summed E-state index contributed by atoms with van der Waals surface area (Å²) < 4.78 is 0. The van der Waals surface area contributed by atoms with Crippen LogP contribution < -0.4 is 5.32 Å². The first-order valence-corrected chi connectivity index (χ1v) is 6.95. The van der Waals surface area contributed by atoms with E-state index in [2.05, 4.69) is 36.5 Å². The van der Waals surface area contributed by atoms with Crippen molar-refractivity contribution in [1.29, 1.82) is 0 Å². The second kappa shape index (κ2) is 5.55. The van der Waals surface area contributed by atoms with Crippen LogP contribution >= 0.6 is 0 Å². The summed E-state index contributed by atoms with van der Waals surface area (Å²) in [6.45, 7) is 4.17. The minimum atomic E-state index is -0.358. The highest BCUT2D eigenvalue weighted by molar-refractivity contribution is 5.99. The van der Waals surface area contributed by atoms with Gasteiger partial charge in [-0.05, 0) is 24.0 Å². The molecule has 0 atom stereocenters. The molecule has 1 saturated heterocycles. The molecule has 0 unspecified atom stereocenters. The van der Waals surface area contributed by atoms with Crippen molar-refractivity contribution < 1.29 is 9.59 Å². The van der Waals surface area contributed by atoms with Crippen LogP contribution in [0.2, 0.25) is 0 Å². The summed E-state index contributed by atoms with van der Waals surface area (Å²) in [4.78, 5) is 23.1. The van der Waals surface area contributed by atoms with Crippen LogP contribution in [0.3, 0.4) is 0 Å². The molecule has 1 aromatic carbocycles. The van der Waals surface area contributed by atoms with Crippen LogP contribution in [-0.2, 0) is 21.4 Å². The van der Waals surface area contributed by atoms with Crippen molar-refractivity contribution in [2.75, 3.05) is 0 Å². The molecular weight excluding hydrogens is 238 g/mol. The number of hydrogen-bond acceptors (Lipinski definition) is 2. The Labute approximate surface area is 114 Å². The normalized spacial score (nSPS) is 18.2. The van der Waals surface area contributed by atoms with Gasteiger partial charge in [-0.2, -0.15) is 0 Å². The van der Waals surface area contributed by atoms with Gasteiger partial charge in [-0.25, -0.2) is 0 Å². The summed E-state index contributed by atoms with van der Waals surface area (Å²) in [6.07, 6.45) is 4.23. The van der Waals surface area contributed by atoms with E-state index in [0.29, 0.717) is 12.8 Å². The number of amides is 2. The first-order valence-electron chi connectivity index (χ1n) is 6.95. The number of benzene rings is 1. The molecule has 3 nitrogen and oxygen atoms in total. The highest BCUT2D eigenvalue weighted by Gasteiger charge is 2.36. The van der Waals surface area contributed by atoms with Gasteiger partial charge < -0.3 is 0 Å². The third kappa shape index (κ3) is 3.22. The Balaban J connectivity index is 2.16. The Morgan fingerprint density at radius 3 is 2.21 bits per heavy atom. The topological polar surface area (TPSA) is 46.2 Å². The smallest absolute Gasteiger partial charge is 0.227 e. The molecule has 102 valence electrons. The standard InChI is InChI=1S/C16H21NO2/c1-3-4-5-12-6-8-13(9-7-12)16(2)10-14(18)17-15(19)11-16/h6-9H,3-5,10-11H2,1-2H3,(H,17,18,19). The fraction of sp³-hybridized carbons (Fsp3) is 0.500. The molecule has 0 aromatic heterocycles.